The predicted molar refractivity (Wildman–Crippen MR) is 85.1 cm³/mol. The number of nitrogens with one attached hydrogen (secondary N) is 2. The van der Waals surface area contributed by atoms with Crippen molar-refractivity contribution in [1.29, 1.82) is 0 Å². The van der Waals surface area contributed by atoms with Gasteiger partial charge in [0.2, 0.25) is 0 Å². The summed E-state index contributed by atoms with van der Waals surface area (Å²) in [6, 6.07) is 7.22. The molecule has 122 valence electrons. The van der Waals surface area contributed by atoms with E-state index in [1.54, 1.807) is 4.90 Å². The highest BCUT2D eigenvalue weighted by Crippen LogP contribution is 2.26. The van der Waals surface area contributed by atoms with Crippen molar-refractivity contribution in [2.24, 2.45) is 0 Å². The molecule has 1 aromatic rings. The molecule has 6 nitrogen and oxygen atoms in total. The van der Waals surface area contributed by atoms with Gasteiger partial charge in [0.15, 0.2) is 0 Å². The Kier molecular flexibility index (Phi) is 3.83. The SMILES string of the molecule is CC(C)c1ccc(C(=O)N2CCC3(CC2)NC(=O)NC3=O)cc1. The van der Waals surface area contributed by atoms with E-state index >= 15 is 0 Å². The summed E-state index contributed by atoms with van der Waals surface area (Å²) in [7, 11) is 0. The maximum absolute atomic E-state index is 12.6. The number of carbonyl (C=O) groups is 3. The second kappa shape index (κ2) is 5.68. The van der Waals surface area contributed by atoms with Crippen molar-refractivity contribution in [2.45, 2.75) is 38.1 Å². The van der Waals surface area contributed by atoms with E-state index in [0.717, 1.165) is 0 Å². The van der Waals surface area contributed by atoms with Gasteiger partial charge in [0.1, 0.15) is 5.54 Å². The number of hydrogen-bond acceptors (Lipinski definition) is 3. The van der Waals surface area contributed by atoms with Crippen molar-refractivity contribution in [1.82, 2.24) is 15.5 Å². The first-order valence-corrected chi connectivity index (χ1v) is 7.94. The number of carbonyl (C=O) groups excluding carboxylic acids is 3. The minimum absolute atomic E-state index is 0.0279. The lowest BCUT2D eigenvalue weighted by Gasteiger charge is -2.37. The third-order valence-electron chi connectivity index (χ3n) is 4.74. The van der Waals surface area contributed by atoms with Gasteiger partial charge in [-0.15, -0.1) is 0 Å². The monoisotopic (exact) mass is 315 g/mol. The topological polar surface area (TPSA) is 78.5 Å². The number of urea groups is 1. The molecule has 0 radical (unpaired) electrons. The molecule has 0 aliphatic carbocycles. The molecule has 0 unspecified atom stereocenters. The molecule has 0 saturated carbocycles. The standard InChI is InChI=1S/C17H21N3O3/c1-11(2)12-3-5-13(6-4-12)14(21)20-9-7-17(8-10-20)15(22)18-16(23)19-17/h3-6,11H,7-10H2,1-2H3,(H2,18,19,22,23). The molecule has 2 saturated heterocycles. The van der Waals surface area contributed by atoms with Crippen LogP contribution in [0.5, 0.6) is 0 Å². The van der Waals surface area contributed by atoms with Gasteiger partial charge in [-0.2, -0.15) is 0 Å². The van der Waals surface area contributed by atoms with Crippen LogP contribution in [0.1, 0.15) is 48.5 Å². The van der Waals surface area contributed by atoms with Gasteiger partial charge in [0.25, 0.3) is 11.8 Å². The van der Waals surface area contributed by atoms with Gasteiger partial charge in [0.05, 0.1) is 0 Å². The van der Waals surface area contributed by atoms with Gasteiger partial charge in [-0.1, -0.05) is 26.0 Å². The number of likely N-dealkylation sites (tertiary alicyclic amines) is 1. The highest BCUT2D eigenvalue weighted by atomic mass is 16.2. The zero-order chi connectivity index (χ0) is 16.6. The molecule has 4 amide bonds. The van der Waals surface area contributed by atoms with Crippen LogP contribution in [0.2, 0.25) is 0 Å². The van der Waals surface area contributed by atoms with Crippen LogP contribution in [0.25, 0.3) is 0 Å². The fraction of sp³-hybridized carbons (Fsp3) is 0.471. The maximum atomic E-state index is 12.6. The number of nitrogens with zero attached hydrogens (tertiary/aromatic N) is 1. The highest BCUT2D eigenvalue weighted by Gasteiger charge is 2.48. The second-order valence-corrected chi connectivity index (χ2v) is 6.56. The average molecular weight is 315 g/mol. The molecule has 0 aromatic heterocycles. The number of hydrogen-bond donors (Lipinski definition) is 2. The molecule has 0 bridgehead atoms. The third-order valence-corrected chi connectivity index (χ3v) is 4.74. The summed E-state index contributed by atoms with van der Waals surface area (Å²) in [4.78, 5) is 37.5. The van der Waals surface area contributed by atoms with Crippen LogP contribution in [0.4, 0.5) is 4.79 Å². The molecule has 0 atom stereocenters. The summed E-state index contributed by atoms with van der Waals surface area (Å²) >= 11 is 0. The largest absolute Gasteiger partial charge is 0.338 e. The molecule has 2 heterocycles. The summed E-state index contributed by atoms with van der Waals surface area (Å²) in [5.74, 6) is 0.120. The van der Waals surface area contributed by atoms with Gasteiger partial charge in [-0.05, 0) is 36.5 Å². The van der Waals surface area contributed by atoms with E-state index in [9.17, 15) is 14.4 Å². The average Bonchev–Trinajstić information content (AvgIpc) is 2.81. The highest BCUT2D eigenvalue weighted by molar-refractivity contribution is 6.07. The summed E-state index contributed by atoms with van der Waals surface area (Å²) < 4.78 is 0. The minimum Gasteiger partial charge on any atom is -0.338 e. The van der Waals surface area contributed by atoms with E-state index in [1.165, 1.54) is 5.56 Å². The third kappa shape index (κ3) is 2.81. The predicted octanol–water partition coefficient (Wildman–Crippen LogP) is 1.62. The summed E-state index contributed by atoms with van der Waals surface area (Å²) in [5.41, 5.74) is 1.02. The maximum Gasteiger partial charge on any atom is 0.322 e. The fourth-order valence-corrected chi connectivity index (χ4v) is 3.16. The molecule has 2 aliphatic rings. The Bertz CT molecular complexity index is 644. The van der Waals surface area contributed by atoms with Crippen LogP contribution in [0.3, 0.4) is 0 Å². The molecule has 2 aliphatic heterocycles. The van der Waals surface area contributed by atoms with E-state index in [1.807, 2.05) is 24.3 Å². The Balaban J connectivity index is 1.66. The van der Waals surface area contributed by atoms with Gasteiger partial charge in [0, 0.05) is 18.7 Å². The second-order valence-electron chi connectivity index (χ2n) is 6.56. The zero-order valence-corrected chi connectivity index (χ0v) is 13.4. The van der Waals surface area contributed by atoms with E-state index < -0.39 is 11.6 Å². The molecule has 2 fully saturated rings. The Hall–Kier alpha value is -2.37. The van der Waals surface area contributed by atoms with Gasteiger partial charge < -0.3 is 10.2 Å². The van der Waals surface area contributed by atoms with Crippen molar-refractivity contribution < 1.29 is 14.4 Å². The van der Waals surface area contributed by atoms with Crippen LogP contribution < -0.4 is 10.6 Å². The summed E-state index contributed by atoms with van der Waals surface area (Å²) in [5, 5.41) is 4.98. The Morgan fingerprint density at radius 1 is 1.13 bits per heavy atom. The zero-order valence-electron chi connectivity index (χ0n) is 13.4. The first-order chi connectivity index (χ1) is 10.9. The number of piperidine rings is 1. The van der Waals surface area contributed by atoms with Crippen molar-refractivity contribution in [3.63, 3.8) is 0 Å². The molecule has 23 heavy (non-hydrogen) atoms. The normalized spacial score (nSPS) is 19.9. The molecular weight excluding hydrogens is 294 g/mol. The van der Waals surface area contributed by atoms with Crippen LogP contribution in [-0.2, 0) is 4.79 Å². The lowest BCUT2D eigenvalue weighted by molar-refractivity contribution is -0.125. The van der Waals surface area contributed by atoms with Crippen LogP contribution in [0.15, 0.2) is 24.3 Å². The van der Waals surface area contributed by atoms with Gasteiger partial charge >= 0.3 is 6.03 Å². The number of imide groups is 1. The molecule has 1 spiro atoms. The van der Waals surface area contributed by atoms with Crippen LogP contribution in [-0.4, -0.2) is 41.4 Å². The lowest BCUT2D eigenvalue weighted by atomic mass is 9.87. The lowest BCUT2D eigenvalue weighted by Crippen LogP contribution is -2.55. The Labute approximate surface area is 135 Å². The van der Waals surface area contributed by atoms with Crippen LogP contribution >= 0.6 is 0 Å². The first kappa shape index (κ1) is 15.5. The molecule has 3 rings (SSSR count). The van der Waals surface area contributed by atoms with E-state index in [4.69, 9.17) is 0 Å². The van der Waals surface area contributed by atoms with Crippen LogP contribution in [0, 0.1) is 0 Å². The quantitative estimate of drug-likeness (QED) is 0.814. The van der Waals surface area contributed by atoms with Crippen molar-refractivity contribution in [2.75, 3.05) is 13.1 Å². The van der Waals surface area contributed by atoms with Crippen molar-refractivity contribution in [3.8, 4) is 0 Å². The van der Waals surface area contributed by atoms with Crippen molar-refractivity contribution in [3.05, 3.63) is 35.4 Å². The van der Waals surface area contributed by atoms with Gasteiger partial charge in [-0.25, -0.2) is 4.79 Å². The smallest absolute Gasteiger partial charge is 0.322 e. The summed E-state index contributed by atoms with van der Waals surface area (Å²) in [6.45, 7) is 5.14. The first-order valence-electron chi connectivity index (χ1n) is 7.94. The number of rotatable bonds is 2. The fourth-order valence-electron chi connectivity index (χ4n) is 3.16. The van der Waals surface area contributed by atoms with Crippen molar-refractivity contribution >= 4 is 17.8 Å². The number of amides is 4. The van der Waals surface area contributed by atoms with E-state index in [-0.39, 0.29) is 11.8 Å². The molecule has 6 heteroatoms. The Morgan fingerprint density at radius 3 is 2.22 bits per heavy atom. The summed E-state index contributed by atoms with van der Waals surface area (Å²) in [6.07, 6.45) is 0.890. The van der Waals surface area contributed by atoms with Gasteiger partial charge in [-0.3, -0.25) is 14.9 Å². The molecule has 2 N–H and O–H groups in total. The number of benzene rings is 1. The minimum atomic E-state index is -0.838. The molecular formula is C17H21N3O3. The van der Waals surface area contributed by atoms with E-state index in [2.05, 4.69) is 24.5 Å². The Morgan fingerprint density at radius 2 is 1.74 bits per heavy atom. The van der Waals surface area contributed by atoms with E-state index in [0.29, 0.717) is 37.4 Å². The molecule has 1 aromatic carbocycles.